The lowest BCUT2D eigenvalue weighted by Crippen LogP contribution is -2.17. The van der Waals surface area contributed by atoms with E-state index in [0.29, 0.717) is 5.82 Å². The fourth-order valence-electron chi connectivity index (χ4n) is 1.15. The zero-order chi connectivity index (χ0) is 13.0. The Hall–Kier alpha value is -2.17. The van der Waals surface area contributed by atoms with Gasteiger partial charge in [-0.1, -0.05) is 6.07 Å². The van der Waals surface area contributed by atoms with Gasteiger partial charge in [-0.05, 0) is 32.9 Å². The molecule has 0 aliphatic heterocycles. The van der Waals surface area contributed by atoms with Gasteiger partial charge in [0.2, 0.25) is 0 Å². The van der Waals surface area contributed by atoms with Gasteiger partial charge < -0.3 is 10.4 Å². The summed E-state index contributed by atoms with van der Waals surface area (Å²) in [5.41, 5.74) is 0.968. The van der Waals surface area contributed by atoms with E-state index in [1.165, 1.54) is 13.8 Å². The maximum Gasteiger partial charge on any atom is 0.331 e. The van der Waals surface area contributed by atoms with Crippen molar-refractivity contribution in [1.82, 2.24) is 4.98 Å². The van der Waals surface area contributed by atoms with Gasteiger partial charge in [0.15, 0.2) is 0 Å². The van der Waals surface area contributed by atoms with Crippen molar-refractivity contribution in [2.45, 2.75) is 20.8 Å². The van der Waals surface area contributed by atoms with E-state index in [2.05, 4.69) is 10.3 Å². The lowest BCUT2D eigenvalue weighted by molar-refractivity contribution is -0.133. The molecule has 0 aliphatic carbocycles. The molecule has 0 aliphatic rings. The summed E-state index contributed by atoms with van der Waals surface area (Å²) in [7, 11) is 0. The Morgan fingerprint density at radius 2 is 1.88 bits per heavy atom. The van der Waals surface area contributed by atoms with E-state index < -0.39 is 11.9 Å². The van der Waals surface area contributed by atoms with Crippen LogP contribution in [-0.4, -0.2) is 22.0 Å². The number of amides is 1. The number of hydrogen-bond acceptors (Lipinski definition) is 3. The van der Waals surface area contributed by atoms with Crippen LogP contribution in [0.2, 0.25) is 0 Å². The number of carbonyl (C=O) groups excluding carboxylic acids is 1. The van der Waals surface area contributed by atoms with Crippen molar-refractivity contribution in [3.63, 3.8) is 0 Å². The highest BCUT2D eigenvalue weighted by molar-refractivity contribution is 6.07. The maximum absolute atomic E-state index is 11.7. The molecule has 0 atom stereocenters. The van der Waals surface area contributed by atoms with Crippen molar-refractivity contribution in [2.24, 2.45) is 0 Å². The number of aromatic nitrogens is 1. The van der Waals surface area contributed by atoms with Crippen LogP contribution in [0.3, 0.4) is 0 Å². The molecule has 1 rings (SSSR count). The van der Waals surface area contributed by atoms with Crippen LogP contribution in [0, 0.1) is 6.92 Å². The van der Waals surface area contributed by atoms with E-state index >= 15 is 0 Å². The summed E-state index contributed by atoms with van der Waals surface area (Å²) >= 11 is 0. The average molecular weight is 234 g/mol. The van der Waals surface area contributed by atoms with Crippen LogP contribution in [0.15, 0.2) is 29.3 Å². The number of hydrogen-bond donors (Lipinski definition) is 2. The van der Waals surface area contributed by atoms with Crippen molar-refractivity contribution in [3.05, 3.63) is 35.0 Å². The monoisotopic (exact) mass is 234 g/mol. The summed E-state index contributed by atoms with van der Waals surface area (Å²) in [5.74, 6) is -1.15. The predicted octanol–water partition coefficient (Wildman–Crippen LogP) is 1.75. The Labute approximate surface area is 99.2 Å². The van der Waals surface area contributed by atoms with E-state index in [-0.39, 0.29) is 11.1 Å². The second-order valence-electron chi connectivity index (χ2n) is 3.67. The zero-order valence-corrected chi connectivity index (χ0v) is 9.94. The molecule has 0 fully saturated rings. The first-order valence-corrected chi connectivity index (χ1v) is 5.07. The number of aryl methyl sites for hydroxylation is 1. The minimum Gasteiger partial charge on any atom is -0.478 e. The topological polar surface area (TPSA) is 79.3 Å². The smallest absolute Gasteiger partial charge is 0.331 e. The Bertz CT molecular complexity index is 492. The maximum atomic E-state index is 11.7. The number of carbonyl (C=O) groups is 2. The largest absolute Gasteiger partial charge is 0.478 e. The Morgan fingerprint density at radius 1 is 1.24 bits per heavy atom. The summed E-state index contributed by atoms with van der Waals surface area (Å²) in [6, 6.07) is 5.22. The third kappa shape index (κ3) is 3.41. The fourth-order valence-corrected chi connectivity index (χ4v) is 1.15. The van der Waals surface area contributed by atoms with Crippen molar-refractivity contribution >= 4 is 17.7 Å². The molecule has 0 spiro atoms. The standard InChI is InChI=1S/C12H14N2O3/c1-7-5-4-6-10(13-7)14-11(15)8(2)9(3)12(16)17/h4-6H,1-3H3,(H,16,17)(H,13,14,15)/b9-8+. The van der Waals surface area contributed by atoms with Gasteiger partial charge in [0, 0.05) is 16.8 Å². The number of pyridine rings is 1. The SMILES string of the molecule is C/C(C(=O)O)=C(/C)C(=O)Nc1cccc(C)n1. The van der Waals surface area contributed by atoms with E-state index in [1.54, 1.807) is 25.1 Å². The van der Waals surface area contributed by atoms with Gasteiger partial charge in [0.05, 0.1) is 0 Å². The molecule has 5 nitrogen and oxygen atoms in total. The molecule has 0 saturated heterocycles. The van der Waals surface area contributed by atoms with Crippen molar-refractivity contribution < 1.29 is 14.7 Å². The van der Waals surface area contributed by atoms with Crippen LogP contribution < -0.4 is 5.32 Å². The Balaban J connectivity index is 2.87. The summed E-state index contributed by atoms with van der Waals surface area (Å²) < 4.78 is 0. The first kappa shape index (κ1) is 12.9. The van der Waals surface area contributed by atoms with Gasteiger partial charge in [0.25, 0.3) is 5.91 Å². The molecule has 90 valence electrons. The molecule has 1 aromatic heterocycles. The van der Waals surface area contributed by atoms with Gasteiger partial charge in [-0.25, -0.2) is 9.78 Å². The highest BCUT2D eigenvalue weighted by atomic mass is 16.4. The summed E-state index contributed by atoms with van der Waals surface area (Å²) in [6.07, 6.45) is 0. The lowest BCUT2D eigenvalue weighted by Gasteiger charge is -2.06. The number of rotatable bonds is 3. The van der Waals surface area contributed by atoms with Crippen LogP contribution in [-0.2, 0) is 9.59 Å². The molecule has 0 bridgehead atoms. The fraction of sp³-hybridized carbons (Fsp3) is 0.250. The van der Waals surface area contributed by atoms with Crippen LogP contribution in [0.25, 0.3) is 0 Å². The van der Waals surface area contributed by atoms with Gasteiger partial charge in [-0.3, -0.25) is 4.79 Å². The van der Waals surface area contributed by atoms with Gasteiger partial charge in [-0.15, -0.1) is 0 Å². The van der Waals surface area contributed by atoms with Crippen LogP contribution in [0.5, 0.6) is 0 Å². The van der Waals surface area contributed by atoms with Crippen LogP contribution in [0.1, 0.15) is 19.5 Å². The van der Waals surface area contributed by atoms with Crippen LogP contribution in [0.4, 0.5) is 5.82 Å². The first-order chi connectivity index (χ1) is 7.91. The zero-order valence-electron chi connectivity index (χ0n) is 9.94. The molecule has 2 N–H and O–H groups in total. The molecule has 0 aromatic carbocycles. The van der Waals surface area contributed by atoms with Crippen molar-refractivity contribution in [2.75, 3.05) is 5.32 Å². The van der Waals surface area contributed by atoms with Gasteiger partial charge in [-0.2, -0.15) is 0 Å². The predicted molar refractivity (Wildman–Crippen MR) is 63.6 cm³/mol. The molecular formula is C12H14N2O3. The number of aliphatic carboxylic acids is 1. The molecular weight excluding hydrogens is 220 g/mol. The summed E-state index contributed by atoms with van der Waals surface area (Å²) in [4.78, 5) is 26.5. The van der Waals surface area contributed by atoms with E-state index in [0.717, 1.165) is 5.69 Å². The minimum atomic E-state index is -1.10. The first-order valence-electron chi connectivity index (χ1n) is 5.07. The highest BCUT2D eigenvalue weighted by Gasteiger charge is 2.12. The lowest BCUT2D eigenvalue weighted by atomic mass is 10.1. The van der Waals surface area contributed by atoms with Crippen molar-refractivity contribution in [3.8, 4) is 0 Å². The minimum absolute atomic E-state index is 0.0233. The van der Waals surface area contributed by atoms with E-state index in [4.69, 9.17) is 5.11 Å². The molecule has 0 radical (unpaired) electrons. The van der Waals surface area contributed by atoms with Gasteiger partial charge >= 0.3 is 5.97 Å². The van der Waals surface area contributed by atoms with Gasteiger partial charge in [0.1, 0.15) is 5.82 Å². The molecule has 1 amide bonds. The van der Waals surface area contributed by atoms with E-state index in [9.17, 15) is 9.59 Å². The Morgan fingerprint density at radius 3 is 2.41 bits per heavy atom. The number of carboxylic acids is 1. The molecule has 1 aromatic rings. The molecule has 17 heavy (non-hydrogen) atoms. The number of nitrogens with zero attached hydrogens (tertiary/aromatic N) is 1. The summed E-state index contributed by atoms with van der Waals surface area (Å²) in [6.45, 7) is 4.66. The number of anilines is 1. The molecule has 1 heterocycles. The molecule has 5 heteroatoms. The second kappa shape index (κ2) is 5.25. The number of nitrogens with one attached hydrogen (secondary N) is 1. The Kier molecular flexibility index (Phi) is 3.98. The summed E-state index contributed by atoms with van der Waals surface area (Å²) in [5, 5.41) is 11.3. The third-order valence-electron chi connectivity index (χ3n) is 2.35. The highest BCUT2D eigenvalue weighted by Crippen LogP contribution is 2.09. The number of carboxylic acid groups (broad SMARTS) is 1. The van der Waals surface area contributed by atoms with Crippen LogP contribution >= 0.6 is 0 Å². The third-order valence-corrected chi connectivity index (χ3v) is 2.35. The van der Waals surface area contributed by atoms with E-state index in [1.807, 2.05) is 0 Å². The molecule has 0 saturated carbocycles. The average Bonchev–Trinajstić information content (AvgIpc) is 2.26. The normalized spacial score (nSPS) is 11.7. The van der Waals surface area contributed by atoms with Crippen molar-refractivity contribution in [1.29, 1.82) is 0 Å². The molecule has 0 unspecified atom stereocenters. The quantitative estimate of drug-likeness (QED) is 0.781. The second-order valence-corrected chi connectivity index (χ2v) is 3.67.